The monoisotopic (exact) mass is 205 g/mol. The fourth-order valence-corrected chi connectivity index (χ4v) is 1.87. The summed E-state index contributed by atoms with van der Waals surface area (Å²) in [5.41, 5.74) is 2.43. The summed E-state index contributed by atoms with van der Waals surface area (Å²) in [6, 6.07) is 5.90. The predicted molar refractivity (Wildman–Crippen MR) is 58.8 cm³/mol. The lowest BCUT2D eigenvalue weighted by molar-refractivity contribution is 0.109. The third-order valence-corrected chi connectivity index (χ3v) is 2.55. The second-order valence-corrected chi connectivity index (χ2v) is 4.58. The van der Waals surface area contributed by atoms with E-state index in [2.05, 4.69) is 5.16 Å². The third kappa shape index (κ3) is 1.82. The highest BCUT2D eigenvalue weighted by Gasteiger charge is 2.31. The van der Waals surface area contributed by atoms with Crippen LogP contribution < -0.4 is 4.74 Å². The van der Waals surface area contributed by atoms with Crippen LogP contribution in [0.4, 0.5) is 0 Å². The molecule has 1 heterocycles. The lowest BCUT2D eigenvalue weighted by atomic mass is 9.92. The quantitative estimate of drug-likeness (QED) is 0.522. The van der Waals surface area contributed by atoms with Crippen molar-refractivity contribution in [3.8, 4) is 5.75 Å². The molecule has 3 heteroatoms. The van der Waals surface area contributed by atoms with Gasteiger partial charge in [-0.2, -0.15) is 0 Å². The van der Waals surface area contributed by atoms with Crippen molar-refractivity contribution in [1.82, 2.24) is 0 Å². The summed E-state index contributed by atoms with van der Waals surface area (Å²) in [6.45, 7) is 5.99. The molecular weight excluding hydrogens is 190 g/mol. The first-order valence-electron chi connectivity index (χ1n) is 5.03. The summed E-state index contributed by atoms with van der Waals surface area (Å²) in [5.74, 6) is 0.805. The molecule has 0 amide bonds. The van der Waals surface area contributed by atoms with Crippen LogP contribution in [0.3, 0.4) is 0 Å². The van der Waals surface area contributed by atoms with E-state index in [4.69, 9.17) is 9.94 Å². The van der Waals surface area contributed by atoms with Crippen LogP contribution >= 0.6 is 0 Å². The van der Waals surface area contributed by atoms with E-state index in [9.17, 15) is 0 Å². The summed E-state index contributed by atoms with van der Waals surface area (Å²) in [4.78, 5) is 0. The highest BCUT2D eigenvalue weighted by molar-refractivity contribution is 6.04. The number of oxime groups is 1. The lowest BCUT2D eigenvalue weighted by Gasteiger charge is -2.32. The maximum absolute atomic E-state index is 8.97. The van der Waals surface area contributed by atoms with E-state index in [1.807, 2.05) is 39.0 Å². The van der Waals surface area contributed by atoms with Crippen molar-refractivity contribution in [2.24, 2.45) is 5.16 Å². The van der Waals surface area contributed by atoms with E-state index in [-0.39, 0.29) is 5.60 Å². The summed E-state index contributed by atoms with van der Waals surface area (Å²) in [5, 5.41) is 12.3. The molecule has 1 N–H and O–H groups in total. The first kappa shape index (κ1) is 10.0. The van der Waals surface area contributed by atoms with E-state index >= 15 is 0 Å². The molecule has 0 radical (unpaired) electrons. The van der Waals surface area contributed by atoms with Gasteiger partial charge in [0.25, 0.3) is 0 Å². The van der Waals surface area contributed by atoms with Crippen molar-refractivity contribution < 1.29 is 9.94 Å². The minimum atomic E-state index is -0.303. The smallest absolute Gasteiger partial charge is 0.129 e. The highest BCUT2D eigenvalue weighted by Crippen LogP contribution is 2.33. The molecule has 0 fully saturated rings. The summed E-state index contributed by atoms with van der Waals surface area (Å²) >= 11 is 0. The summed E-state index contributed by atoms with van der Waals surface area (Å²) < 4.78 is 5.84. The van der Waals surface area contributed by atoms with Crippen molar-refractivity contribution in [3.63, 3.8) is 0 Å². The van der Waals surface area contributed by atoms with Gasteiger partial charge in [-0.25, -0.2) is 0 Å². The Labute approximate surface area is 89.4 Å². The molecule has 0 unspecified atom stereocenters. The zero-order chi connectivity index (χ0) is 11.1. The van der Waals surface area contributed by atoms with E-state index in [1.54, 1.807) is 0 Å². The molecule has 0 saturated carbocycles. The molecule has 0 atom stereocenters. The maximum Gasteiger partial charge on any atom is 0.129 e. The number of ether oxygens (including phenoxy) is 1. The van der Waals surface area contributed by atoms with Gasteiger partial charge in [-0.1, -0.05) is 11.2 Å². The van der Waals surface area contributed by atoms with Crippen LogP contribution in [0.25, 0.3) is 0 Å². The fourth-order valence-electron chi connectivity index (χ4n) is 1.87. The van der Waals surface area contributed by atoms with Gasteiger partial charge in [0.1, 0.15) is 11.4 Å². The molecule has 0 bridgehead atoms. The number of fused-ring (bicyclic) bond motifs is 1. The Kier molecular flexibility index (Phi) is 2.18. The maximum atomic E-state index is 8.97. The van der Waals surface area contributed by atoms with Gasteiger partial charge in [0.15, 0.2) is 0 Å². The zero-order valence-corrected chi connectivity index (χ0v) is 9.24. The molecule has 2 rings (SSSR count). The van der Waals surface area contributed by atoms with Crippen LogP contribution in [-0.2, 0) is 0 Å². The molecule has 3 nitrogen and oxygen atoms in total. The Morgan fingerprint density at radius 2 is 2.13 bits per heavy atom. The van der Waals surface area contributed by atoms with Gasteiger partial charge >= 0.3 is 0 Å². The van der Waals surface area contributed by atoms with Gasteiger partial charge in [0.2, 0.25) is 0 Å². The number of rotatable bonds is 0. The minimum Gasteiger partial charge on any atom is -0.487 e. The zero-order valence-electron chi connectivity index (χ0n) is 9.24. The van der Waals surface area contributed by atoms with Crippen molar-refractivity contribution in [1.29, 1.82) is 0 Å². The normalized spacial score (nSPS) is 20.9. The van der Waals surface area contributed by atoms with Crippen LogP contribution in [0, 0.1) is 6.92 Å². The molecule has 1 aromatic carbocycles. The third-order valence-electron chi connectivity index (χ3n) is 2.55. The standard InChI is InChI=1S/C12H15NO2/c1-8-4-5-9-10(13-14)7-12(2,3)15-11(9)6-8/h4-6,14H,7H2,1-3H3. The minimum absolute atomic E-state index is 0.303. The van der Waals surface area contributed by atoms with E-state index in [0.717, 1.165) is 16.9 Å². The molecule has 1 aliphatic rings. The molecule has 1 aliphatic heterocycles. The largest absolute Gasteiger partial charge is 0.487 e. The lowest BCUT2D eigenvalue weighted by Crippen LogP contribution is -2.36. The number of hydrogen-bond acceptors (Lipinski definition) is 3. The van der Waals surface area contributed by atoms with Crippen molar-refractivity contribution in [2.45, 2.75) is 32.8 Å². The Morgan fingerprint density at radius 3 is 2.80 bits per heavy atom. The number of aryl methyl sites for hydroxylation is 1. The molecule has 1 aromatic rings. The molecule has 0 aliphatic carbocycles. The van der Waals surface area contributed by atoms with E-state index in [0.29, 0.717) is 12.1 Å². The second-order valence-electron chi connectivity index (χ2n) is 4.58. The summed E-state index contributed by atoms with van der Waals surface area (Å²) in [6.07, 6.45) is 0.625. The van der Waals surface area contributed by atoms with Gasteiger partial charge in [0.05, 0.1) is 5.71 Å². The van der Waals surface area contributed by atoms with E-state index < -0.39 is 0 Å². The molecule has 80 valence electrons. The average molecular weight is 205 g/mol. The van der Waals surface area contributed by atoms with Gasteiger partial charge < -0.3 is 9.94 Å². The molecular formula is C12H15NO2. The molecule has 0 aromatic heterocycles. The average Bonchev–Trinajstić information content (AvgIpc) is 2.14. The van der Waals surface area contributed by atoms with Crippen LogP contribution in [0.15, 0.2) is 23.4 Å². The highest BCUT2D eigenvalue weighted by atomic mass is 16.5. The van der Waals surface area contributed by atoms with Crippen molar-refractivity contribution in [3.05, 3.63) is 29.3 Å². The molecule has 0 spiro atoms. The number of benzene rings is 1. The van der Waals surface area contributed by atoms with Crippen molar-refractivity contribution >= 4 is 5.71 Å². The van der Waals surface area contributed by atoms with Crippen LogP contribution in [0.5, 0.6) is 5.75 Å². The molecule has 0 saturated heterocycles. The van der Waals surface area contributed by atoms with Gasteiger partial charge in [-0.15, -0.1) is 0 Å². The van der Waals surface area contributed by atoms with Gasteiger partial charge in [-0.3, -0.25) is 0 Å². The summed E-state index contributed by atoms with van der Waals surface area (Å²) in [7, 11) is 0. The Bertz CT molecular complexity index is 422. The topological polar surface area (TPSA) is 41.8 Å². The number of nitrogens with zero attached hydrogens (tertiary/aromatic N) is 1. The van der Waals surface area contributed by atoms with Crippen molar-refractivity contribution in [2.75, 3.05) is 0 Å². The fraction of sp³-hybridized carbons (Fsp3) is 0.417. The molecule has 15 heavy (non-hydrogen) atoms. The van der Waals surface area contributed by atoms with E-state index in [1.165, 1.54) is 0 Å². The SMILES string of the molecule is Cc1ccc2c(c1)OC(C)(C)CC2=NO. The van der Waals surface area contributed by atoms with Crippen LogP contribution in [0.2, 0.25) is 0 Å². The van der Waals surface area contributed by atoms with Crippen LogP contribution in [-0.4, -0.2) is 16.5 Å². The first-order valence-corrected chi connectivity index (χ1v) is 5.03. The predicted octanol–water partition coefficient (Wildman–Crippen LogP) is 2.73. The Hall–Kier alpha value is -1.51. The van der Waals surface area contributed by atoms with Gasteiger partial charge in [0, 0.05) is 12.0 Å². The number of hydrogen-bond donors (Lipinski definition) is 1. The Morgan fingerprint density at radius 1 is 1.40 bits per heavy atom. The van der Waals surface area contributed by atoms with Gasteiger partial charge in [-0.05, 0) is 38.5 Å². The Balaban J connectivity index is 2.54. The first-order chi connectivity index (χ1) is 7.02. The second kappa shape index (κ2) is 3.26. The van der Waals surface area contributed by atoms with Crippen LogP contribution in [0.1, 0.15) is 31.4 Å².